The van der Waals surface area contributed by atoms with E-state index in [0.717, 1.165) is 16.0 Å². The number of hydrogen-bond donors (Lipinski definition) is 1. The summed E-state index contributed by atoms with van der Waals surface area (Å²) in [6.07, 6.45) is 0. The molecule has 0 radical (unpaired) electrons. The van der Waals surface area contributed by atoms with Crippen molar-refractivity contribution in [1.82, 2.24) is 14.1 Å². The first-order chi connectivity index (χ1) is 18.6. The van der Waals surface area contributed by atoms with Gasteiger partial charge in [-0.15, -0.1) is 11.3 Å². The summed E-state index contributed by atoms with van der Waals surface area (Å²) in [6, 6.07) is 11.9. The van der Waals surface area contributed by atoms with Gasteiger partial charge in [-0.2, -0.15) is 14.1 Å². The number of ether oxygens (including phenoxy) is 1. The van der Waals surface area contributed by atoms with E-state index >= 15 is 0 Å². The van der Waals surface area contributed by atoms with Gasteiger partial charge in [0.2, 0.25) is 10.0 Å². The number of aromatic nitrogens is 2. The summed E-state index contributed by atoms with van der Waals surface area (Å²) >= 11 is 7.16. The molecule has 2 aromatic carbocycles. The maximum absolute atomic E-state index is 13.5. The molecule has 10 nitrogen and oxygen atoms in total. The maximum Gasteiger partial charge on any atom is 0.359 e. The Morgan fingerprint density at radius 3 is 2.41 bits per heavy atom. The van der Waals surface area contributed by atoms with Crippen LogP contribution in [0, 0.1) is 0 Å². The van der Waals surface area contributed by atoms with Gasteiger partial charge in [-0.05, 0) is 49.4 Å². The number of thiophene rings is 1. The van der Waals surface area contributed by atoms with Crippen LogP contribution in [0.3, 0.4) is 0 Å². The highest BCUT2D eigenvalue weighted by molar-refractivity contribution is 7.89. The number of benzene rings is 2. The molecule has 0 bridgehead atoms. The summed E-state index contributed by atoms with van der Waals surface area (Å²) in [5.74, 6) is -1.28. The number of rotatable bonds is 9. The maximum atomic E-state index is 13.5. The lowest BCUT2D eigenvalue weighted by molar-refractivity contribution is 0.0519. The summed E-state index contributed by atoms with van der Waals surface area (Å²) in [6.45, 7) is 5.89. The predicted molar refractivity (Wildman–Crippen MR) is 151 cm³/mol. The fraction of sp³-hybridized carbons (Fsp3) is 0.231. The highest BCUT2D eigenvalue weighted by Crippen LogP contribution is 2.31. The molecule has 0 aliphatic rings. The second-order valence-corrected chi connectivity index (χ2v) is 11.4. The van der Waals surface area contributed by atoms with Crippen LogP contribution in [0.25, 0.3) is 16.5 Å². The summed E-state index contributed by atoms with van der Waals surface area (Å²) in [7, 11) is -3.68. The molecular weight excluding hydrogens is 564 g/mol. The molecule has 2 aromatic heterocycles. The molecule has 0 unspecified atom stereocenters. The van der Waals surface area contributed by atoms with Crippen molar-refractivity contribution < 1.29 is 22.7 Å². The SMILES string of the molecule is CCOC(=O)c1nn(-c2cccc(Cl)c2)c(=O)c2c(NC(=O)c3ccc(S(=O)(=O)N(CC)CC)cc3)scc12. The Morgan fingerprint density at radius 2 is 1.79 bits per heavy atom. The number of nitrogens with zero attached hydrogens (tertiary/aromatic N) is 3. The van der Waals surface area contributed by atoms with Crippen LogP contribution >= 0.6 is 22.9 Å². The Labute approximate surface area is 233 Å². The average molecular weight is 589 g/mol. The number of nitrogens with one attached hydrogen (secondary N) is 1. The van der Waals surface area contributed by atoms with Crippen molar-refractivity contribution >= 4 is 60.6 Å². The quantitative estimate of drug-likeness (QED) is 0.284. The molecule has 204 valence electrons. The summed E-state index contributed by atoms with van der Waals surface area (Å²) in [5, 5.41) is 9.38. The van der Waals surface area contributed by atoms with E-state index in [0.29, 0.717) is 23.8 Å². The molecule has 4 aromatic rings. The average Bonchev–Trinajstić information content (AvgIpc) is 3.33. The minimum atomic E-state index is -3.68. The van der Waals surface area contributed by atoms with Crippen molar-refractivity contribution in [1.29, 1.82) is 0 Å². The standard InChI is InChI=1S/C26H25ClN4O6S2/c1-4-30(5-2)39(35,36)19-12-10-16(11-13-19)23(32)28-24-21-20(15-38-24)22(26(34)37-6-3)29-31(25(21)33)18-9-7-8-17(27)14-18/h7-15H,4-6H2,1-3H3,(H,28,32). The van der Waals surface area contributed by atoms with Crippen molar-refractivity contribution in [2.45, 2.75) is 25.7 Å². The molecule has 0 fully saturated rings. The molecule has 0 saturated carbocycles. The van der Waals surface area contributed by atoms with E-state index in [9.17, 15) is 22.8 Å². The van der Waals surface area contributed by atoms with Crippen molar-refractivity contribution in [2.75, 3.05) is 25.0 Å². The Hall–Kier alpha value is -3.58. The van der Waals surface area contributed by atoms with Crippen LogP contribution in [0.1, 0.15) is 41.6 Å². The lowest BCUT2D eigenvalue weighted by Gasteiger charge is -2.18. The third-order valence-electron chi connectivity index (χ3n) is 5.86. The molecule has 0 aliphatic carbocycles. The van der Waals surface area contributed by atoms with E-state index < -0.39 is 27.5 Å². The first-order valence-electron chi connectivity index (χ1n) is 12.0. The Balaban J connectivity index is 1.75. The lowest BCUT2D eigenvalue weighted by Crippen LogP contribution is -2.30. The van der Waals surface area contributed by atoms with Crippen molar-refractivity contribution in [3.05, 3.63) is 80.5 Å². The minimum absolute atomic E-state index is 0.0684. The Bertz CT molecular complexity index is 1710. The largest absolute Gasteiger partial charge is 0.461 e. The van der Waals surface area contributed by atoms with Crippen LogP contribution in [0.2, 0.25) is 5.02 Å². The zero-order chi connectivity index (χ0) is 28.3. The first kappa shape index (κ1) is 28.4. The Morgan fingerprint density at radius 1 is 1.10 bits per heavy atom. The van der Waals surface area contributed by atoms with E-state index in [-0.39, 0.29) is 38.5 Å². The molecule has 0 saturated heterocycles. The molecule has 13 heteroatoms. The zero-order valence-electron chi connectivity index (χ0n) is 21.3. The number of carbonyl (C=O) groups excluding carboxylic acids is 2. The van der Waals surface area contributed by atoms with Crippen LogP contribution in [0.15, 0.2) is 63.6 Å². The number of fused-ring (bicyclic) bond motifs is 1. The molecule has 2 heterocycles. The molecule has 39 heavy (non-hydrogen) atoms. The topological polar surface area (TPSA) is 128 Å². The van der Waals surface area contributed by atoms with Crippen LogP contribution in [0.5, 0.6) is 0 Å². The van der Waals surface area contributed by atoms with Gasteiger partial charge in [0.1, 0.15) is 5.00 Å². The summed E-state index contributed by atoms with van der Waals surface area (Å²) in [4.78, 5) is 39.4. The van der Waals surface area contributed by atoms with Gasteiger partial charge >= 0.3 is 5.97 Å². The number of sulfonamides is 1. The van der Waals surface area contributed by atoms with Gasteiger partial charge in [-0.3, -0.25) is 9.59 Å². The first-order valence-corrected chi connectivity index (χ1v) is 14.7. The van der Waals surface area contributed by atoms with E-state index in [2.05, 4.69) is 10.4 Å². The van der Waals surface area contributed by atoms with Gasteiger partial charge in [-0.1, -0.05) is 31.5 Å². The van der Waals surface area contributed by atoms with Gasteiger partial charge in [0.25, 0.3) is 11.5 Å². The normalized spacial score (nSPS) is 11.6. The molecule has 4 rings (SSSR count). The van der Waals surface area contributed by atoms with E-state index in [1.54, 1.807) is 44.4 Å². The number of halogens is 1. The molecule has 1 N–H and O–H groups in total. The van der Waals surface area contributed by atoms with Gasteiger partial charge in [-0.25, -0.2) is 13.2 Å². The Kier molecular flexibility index (Phi) is 8.50. The van der Waals surface area contributed by atoms with Crippen LogP contribution in [-0.4, -0.2) is 54.1 Å². The van der Waals surface area contributed by atoms with E-state index in [1.807, 2.05) is 0 Å². The molecular formula is C26H25ClN4O6S2. The number of esters is 1. The van der Waals surface area contributed by atoms with Crippen LogP contribution < -0.4 is 10.9 Å². The number of anilines is 1. The number of carbonyl (C=O) groups is 2. The fourth-order valence-electron chi connectivity index (χ4n) is 3.94. The van der Waals surface area contributed by atoms with Crippen LogP contribution in [-0.2, 0) is 14.8 Å². The van der Waals surface area contributed by atoms with E-state index in [4.69, 9.17) is 16.3 Å². The number of amides is 1. The van der Waals surface area contributed by atoms with Crippen molar-refractivity contribution in [3.8, 4) is 5.69 Å². The van der Waals surface area contributed by atoms with Crippen molar-refractivity contribution in [2.24, 2.45) is 0 Å². The van der Waals surface area contributed by atoms with Crippen LogP contribution in [0.4, 0.5) is 5.00 Å². The highest BCUT2D eigenvalue weighted by Gasteiger charge is 2.25. The minimum Gasteiger partial charge on any atom is -0.461 e. The third-order valence-corrected chi connectivity index (χ3v) is 9.06. The van der Waals surface area contributed by atoms with Gasteiger partial charge < -0.3 is 10.1 Å². The lowest BCUT2D eigenvalue weighted by atomic mass is 10.2. The second-order valence-electron chi connectivity index (χ2n) is 8.19. The zero-order valence-corrected chi connectivity index (χ0v) is 23.7. The third kappa shape index (κ3) is 5.59. The molecule has 1 amide bonds. The number of hydrogen-bond acceptors (Lipinski definition) is 8. The van der Waals surface area contributed by atoms with E-state index in [1.165, 1.54) is 34.6 Å². The molecule has 0 aliphatic heterocycles. The molecule has 0 atom stereocenters. The van der Waals surface area contributed by atoms with Gasteiger partial charge in [0.05, 0.1) is 22.6 Å². The molecule has 0 spiro atoms. The monoisotopic (exact) mass is 588 g/mol. The fourth-order valence-corrected chi connectivity index (χ4v) is 6.52. The van der Waals surface area contributed by atoms with Gasteiger partial charge in [0.15, 0.2) is 5.69 Å². The summed E-state index contributed by atoms with van der Waals surface area (Å²) < 4.78 is 33.0. The van der Waals surface area contributed by atoms with Gasteiger partial charge in [0, 0.05) is 34.4 Å². The summed E-state index contributed by atoms with van der Waals surface area (Å²) in [5.41, 5.74) is -0.148. The predicted octanol–water partition coefficient (Wildman–Crippen LogP) is 4.56. The van der Waals surface area contributed by atoms with Crippen molar-refractivity contribution in [3.63, 3.8) is 0 Å². The smallest absolute Gasteiger partial charge is 0.359 e. The highest BCUT2D eigenvalue weighted by atomic mass is 35.5. The second kappa shape index (κ2) is 11.7.